The number of hydrogen-bond acceptors (Lipinski definition) is 7. The molecule has 170 valence electrons. The highest BCUT2D eigenvalue weighted by molar-refractivity contribution is 5.69. The van der Waals surface area contributed by atoms with Crippen LogP contribution in [0, 0.1) is 22.7 Å². The molecule has 0 amide bonds. The molecule has 1 aromatic heterocycles. The highest BCUT2D eigenvalue weighted by Gasteiger charge is 2.70. The first kappa shape index (κ1) is 21.2. The standard InChI is InChI=1S/C24H33NO6/c1-21-8-5-18-19(6-10-23(28)12-16(26)4-9-22(18,23)14-25-30)24(21,29)11-7-17(21)15-2-3-20(27)31-13-15/h2-3,13-14,16-19,26,28-30H,4-12H2,1H3/b25-14+/t16-,17+,18-,19+,21+,22-,23-,24-/m0/s1. The summed E-state index contributed by atoms with van der Waals surface area (Å²) in [4.78, 5) is 11.4. The van der Waals surface area contributed by atoms with Crippen LogP contribution in [0.5, 0.6) is 0 Å². The molecule has 4 N–H and O–H groups in total. The van der Waals surface area contributed by atoms with Gasteiger partial charge in [-0.15, -0.1) is 5.16 Å². The summed E-state index contributed by atoms with van der Waals surface area (Å²) in [6, 6.07) is 3.27. The molecule has 0 radical (unpaired) electrons. The molecule has 7 nitrogen and oxygen atoms in total. The zero-order valence-corrected chi connectivity index (χ0v) is 18.0. The third-order valence-electron chi connectivity index (χ3n) is 9.92. The molecule has 8 atom stereocenters. The van der Waals surface area contributed by atoms with Gasteiger partial charge in [0.2, 0.25) is 0 Å². The van der Waals surface area contributed by atoms with Crippen molar-refractivity contribution in [1.82, 2.24) is 0 Å². The van der Waals surface area contributed by atoms with E-state index in [1.165, 1.54) is 18.5 Å². The van der Waals surface area contributed by atoms with E-state index in [0.29, 0.717) is 32.1 Å². The van der Waals surface area contributed by atoms with Crippen LogP contribution in [0.15, 0.2) is 32.8 Å². The minimum atomic E-state index is -1.12. The Morgan fingerprint density at radius 1 is 1.06 bits per heavy atom. The fourth-order valence-corrected chi connectivity index (χ4v) is 8.38. The summed E-state index contributed by atoms with van der Waals surface area (Å²) in [5.41, 5.74) is -2.56. The van der Waals surface area contributed by atoms with Crippen molar-refractivity contribution in [2.75, 3.05) is 0 Å². The maximum absolute atomic E-state index is 12.2. The monoisotopic (exact) mass is 431 g/mol. The van der Waals surface area contributed by atoms with Gasteiger partial charge in [-0.25, -0.2) is 4.79 Å². The first-order valence-corrected chi connectivity index (χ1v) is 11.6. The quantitative estimate of drug-likeness (QED) is 0.324. The van der Waals surface area contributed by atoms with Gasteiger partial charge in [0.05, 0.1) is 29.8 Å². The second-order valence-electron chi connectivity index (χ2n) is 10.8. The molecule has 0 aliphatic heterocycles. The van der Waals surface area contributed by atoms with Gasteiger partial charge in [-0.1, -0.05) is 6.92 Å². The molecule has 7 heteroatoms. The highest BCUT2D eigenvalue weighted by Crippen LogP contribution is 2.70. The van der Waals surface area contributed by atoms with Crippen LogP contribution in [-0.2, 0) is 0 Å². The summed E-state index contributed by atoms with van der Waals surface area (Å²) in [6.45, 7) is 2.16. The van der Waals surface area contributed by atoms with Gasteiger partial charge in [0.15, 0.2) is 0 Å². The molecule has 4 fully saturated rings. The van der Waals surface area contributed by atoms with Crippen LogP contribution in [0.2, 0.25) is 0 Å². The van der Waals surface area contributed by atoms with E-state index < -0.39 is 22.7 Å². The highest BCUT2D eigenvalue weighted by atomic mass is 16.4. The lowest BCUT2D eigenvalue weighted by Crippen LogP contribution is -2.68. The number of aliphatic hydroxyl groups is 3. The Labute approximate surface area is 181 Å². The van der Waals surface area contributed by atoms with Gasteiger partial charge < -0.3 is 24.9 Å². The molecule has 1 aromatic rings. The summed E-state index contributed by atoms with van der Waals surface area (Å²) in [5, 5.41) is 47.1. The van der Waals surface area contributed by atoms with Crippen molar-refractivity contribution < 1.29 is 24.9 Å². The Hall–Kier alpha value is -1.70. The Bertz CT molecular complexity index is 926. The number of oxime groups is 1. The smallest absolute Gasteiger partial charge is 0.335 e. The van der Waals surface area contributed by atoms with E-state index in [0.717, 1.165) is 24.8 Å². The Morgan fingerprint density at radius 2 is 1.84 bits per heavy atom. The summed E-state index contributed by atoms with van der Waals surface area (Å²) in [5.74, 6) is 0.0555. The first-order chi connectivity index (χ1) is 14.7. The van der Waals surface area contributed by atoms with Crippen molar-refractivity contribution in [3.05, 3.63) is 34.4 Å². The number of aliphatic hydroxyl groups excluding tert-OH is 1. The number of hydrogen-bond donors (Lipinski definition) is 4. The van der Waals surface area contributed by atoms with Crippen molar-refractivity contribution in [3.8, 4) is 0 Å². The Kier molecular flexibility index (Phi) is 4.71. The summed E-state index contributed by atoms with van der Waals surface area (Å²) in [6.07, 6.45) is 8.09. The van der Waals surface area contributed by atoms with Crippen molar-refractivity contribution in [2.45, 2.75) is 87.9 Å². The predicted octanol–water partition coefficient (Wildman–Crippen LogP) is 2.80. The van der Waals surface area contributed by atoms with Crippen LogP contribution in [0.4, 0.5) is 0 Å². The third-order valence-corrected chi connectivity index (χ3v) is 9.92. The van der Waals surface area contributed by atoms with Crippen LogP contribution in [0.3, 0.4) is 0 Å². The zero-order chi connectivity index (χ0) is 22.1. The second kappa shape index (κ2) is 6.90. The van der Waals surface area contributed by atoms with Crippen LogP contribution < -0.4 is 5.63 Å². The van der Waals surface area contributed by atoms with E-state index in [4.69, 9.17) is 4.42 Å². The molecular weight excluding hydrogens is 398 g/mol. The van der Waals surface area contributed by atoms with Crippen LogP contribution in [-0.4, -0.2) is 44.0 Å². The average molecular weight is 432 g/mol. The zero-order valence-electron chi connectivity index (χ0n) is 18.0. The largest absolute Gasteiger partial charge is 0.431 e. The fraction of sp³-hybridized carbons (Fsp3) is 0.750. The summed E-state index contributed by atoms with van der Waals surface area (Å²) < 4.78 is 5.14. The summed E-state index contributed by atoms with van der Waals surface area (Å²) >= 11 is 0. The molecule has 4 aliphatic carbocycles. The molecule has 4 saturated carbocycles. The maximum Gasteiger partial charge on any atom is 0.335 e. The first-order valence-electron chi connectivity index (χ1n) is 11.6. The Balaban J connectivity index is 1.54. The normalized spacial score (nSPS) is 49.4. The third kappa shape index (κ3) is 2.69. The van der Waals surface area contributed by atoms with Gasteiger partial charge in [-0.05, 0) is 80.8 Å². The van der Waals surface area contributed by atoms with Crippen molar-refractivity contribution in [1.29, 1.82) is 0 Å². The molecule has 5 rings (SSSR count). The van der Waals surface area contributed by atoms with Crippen LogP contribution >= 0.6 is 0 Å². The van der Waals surface area contributed by atoms with E-state index >= 15 is 0 Å². The molecule has 0 unspecified atom stereocenters. The molecule has 0 bridgehead atoms. The van der Waals surface area contributed by atoms with Gasteiger partial charge in [-0.3, -0.25) is 0 Å². The lowest BCUT2D eigenvalue weighted by molar-refractivity contribution is -0.235. The van der Waals surface area contributed by atoms with E-state index in [2.05, 4.69) is 12.1 Å². The lowest BCUT2D eigenvalue weighted by Gasteiger charge is -2.65. The van der Waals surface area contributed by atoms with Gasteiger partial charge in [0.25, 0.3) is 0 Å². The number of nitrogens with zero attached hydrogens (tertiary/aromatic N) is 1. The lowest BCUT2D eigenvalue weighted by atomic mass is 9.41. The molecule has 31 heavy (non-hydrogen) atoms. The van der Waals surface area contributed by atoms with Crippen molar-refractivity contribution in [3.63, 3.8) is 0 Å². The van der Waals surface area contributed by atoms with Crippen LogP contribution in [0.25, 0.3) is 0 Å². The van der Waals surface area contributed by atoms with Gasteiger partial charge in [-0.2, -0.15) is 0 Å². The fourth-order valence-electron chi connectivity index (χ4n) is 8.38. The average Bonchev–Trinajstić information content (AvgIpc) is 3.01. The maximum atomic E-state index is 12.2. The molecule has 1 heterocycles. The van der Waals surface area contributed by atoms with E-state index in [-0.39, 0.29) is 35.2 Å². The minimum Gasteiger partial charge on any atom is -0.431 e. The molecular formula is C24H33NO6. The van der Waals surface area contributed by atoms with Crippen LogP contribution in [0.1, 0.15) is 76.2 Å². The van der Waals surface area contributed by atoms with E-state index in [1.807, 2.05) is 6.07 Å². The molecule has 0 saturated heterocycles. The second-order valence-corrected chi connectivity index (χ2v) is 10.8. The minimum absolute atomic E-state index is 0.0137. The van der Waals surface area contributed by atoms with E-state index in [1.54, 1.807) is 0 Å². The summed E-state index contributed by atoms with van der Waals surface area (Å²) in [7, 11) is 0. The Morgan fingerprint density at radius 3 is 2.55 bits per heavy atom. The number of fused-ring (bicyclic) bond motifs is 5. The van der Waals surface area contributed by atoms with Crippen molar-refractivity contribution >= 4 is 6.21 Å². The van der Waals surface area contributed by atoms with Gasteiger partial charge >= 0.3 is 5.63 Å². The SMILES string of the molecule is C[C@]12CC[C@H]3[C@@H](CC[C@]4(O)C[C@@H](O)CC[C@]34/C=N/O)[C@@]1(O)CC[C@@H]2c1ccc(=O)oc1. The topological polar surface area (TPSA) is 123 Å². The van der Waals surface area contributed by atoms with Gasteiger partial charge in [0.1, 0.15) is 0 Å². The van der Waals surface area contributed by atoms with Crippen molar-refractivity contribution in [2.24, 2.45) is 27.8 Å². The predicted molar refractivity (Wildman–Crippen MR) is 113 cm³/mol. The van der Waals surface area contributed by atoms with Gasteiger partial charge in [0, 0.05) is 23.3 Å². The molecule has 0 aromatic carbocycles. The molecule has 0 spiro atoms. The number of rotatable bonds is 2. The van der Waals surface area contributed by atoms with E-state index in [9.17, 15) is 25.3 Å². The molecule has 4 aliphatic rings.